The SMILES string of the molecule is CC(=c1ccccc1=C(C)N(C)c1ccccc1)N(C)c1ccccc1. The summed E-state index contributed by atoms with van der Waals surface area (Å²) in [5, 5.41) is 2.50. The first-order valence-electron chi connectivity index (χ1n) is 8.94. The van der Waals surface area contributed by atoms with Crippen molar-refractivity contribution in [1.82, 2.24) is 0 Å². The van der Waals surface area contributed by atoms with Gasteiger partial charge in [-0.25, -0.2) is 0 Å². The summed E-state index contributed by atoms with van der Waals surface area (Å²) in [5.41, 5.74) is 4.84. The summed E-state index contributed by atoms with van der Waals surface area (Å²) in [7, 11) is 4.25. The molecule has 0 aliphatic heterocycles. The van der Waals surface area contributed by atoms with Gasteiger partial charge in [0.1, 0.15) is 0 Å². The van der Waals surface area contributed by atoms with E-state index >= 15 is 0 Å². The molecular weight excluding hydrogens is 316 g/mol. The predicted molar refractivity (Wildman–Crippen MR) is 114 cm³/mol. The topological polar surface area (TPSA) is 6.48 Å². The Hall–Kier alpha value is -3.00. The molecule has 0 amide bonds. The summed E-state index contributed by atoms with van der Waals surface area (Å²) in [6.07, 6.45) is 0. The Balaban J connectivity index is 2.16. The van der Waals surface area contributed by atoms with Crippen LogP contribution < -0.4 is 20.2 Å². The van der Waals surface area contributed by atoms with Crippen LogP contribution in [0.25, 0.3) is 11.4 Å². The molecule has 0 spiro atoms. The lowest BCUT2D eigenvalue weighted by Gasteiger charge is -2.22. The van der Waals surface area contributed by atoms with Gasteiger partial charge < -0.3 is 9.80 Å². The summed E-state index contributed by atoms with van der Waals surface area (Å²) in [6, 6.07) is 29.6. The van der Waals surface area contributed by atoms with Gasteiger partial charge in [0.05, 0.1) is 0 Å². The largest absolute Gasteiger partial charge is 0.348 e. The van der Waals surface area contributed by atoms with Crippen molar-refractivity contribution < 1.29 is 0 Å². The number of benzene rings is 3. The zero-order chi connectivity index (χ0) is 18.5. The Kier molecular flexibility index (Phi) is 5.43. The maximum Gasteiger partial charge on any atom is 0.0405 e. The lowest BCUT2D eigenvalue weighted by Crippen LogP contribution is -2.36. The van der Waals surface area contributed by atoms with E-state index in [-0.39, 0.29) is 0 Å². The molecule has 0 aromatic heterocycles. The maximum atomic E-state index is 2.24. The highest BCUT2D eigenvalue weighted by atomic mass is 15.1. The van der Waals surface area contributed by atoms with E-state index in [1.165, 1.54) is 33.2 Å². The zero-order valence-electron chi connectivity index (χ0n) is 16.0. The van der Waals surface area contributed by atoms with Crippen molar-refractivity contribution >= 4 is 22.8 Å². The average Bonchev–Trinajstić information content (AvgIpc) is 2.73. The zero-order valence-corrected chi connectivity index (χ0v) is 16.0. The van der Waals surface area contributed by atoms with Crippen molar-refractivity contribution in [2.45, 2.75) is 13.8 Å². The fraction of sp³-hybridized carbons (Fsp3) is 0.167. The van der Waals surface area contributed by atoms with Crippen LogP contribution in [0.3, 0.4) is 0 Å². The highest BCUT2D eigenvalue weighted by Crippen LogP contribution is 2.17. The van der Waals surface area contributed by atoms with Gasteiger partial charge in [-0.15, -0.1) is 0 Å². The minimum Gasteiger partial charge on any atom is -0.348 e. The molecule has 0 heterocycles. The van der Waals surface area contributed by atoms with E-state index < -0.39 is 0 Å². The fourth-order valence-electron chi connectivity index (χ4n) is 3.17. The van der Waals surface area contributed by atoms with Gasteiger partial charge in [-0.3, -0.25) is 0 Å². The third-order valence-electron chi connectivity index (χ3n) is 5.00. The first-order chi connectivity index (χ1) is 12.6. The van der Waals surface area contributed by atoms with Gasteiger partial charge in [-0.05, 0) is 38.1 Å². The van der Waals surface area contributed by atoms with E-state index in [9.17, 15) is 0 Å². The molecule has 2 heteroatoms. The van der Waals surface area contributed by atoms with Crippen molar-refractivity contribution in [3.63, 3.8) is 0 Å². The number of anilines is 2. The second-order valence-corrected chi connectivity index (χ2v) is 6.51. The molecular formula is C24H26N2. The monoisotopic (exact) mass is 342 g/mol. The molecule has 26 heavy (non-hydrogen) atoms. The van der Waals surface area contributed by atoms with Crippen LogP contribution in [0, 0.1) is 0 Å². The smallest absolute Gasteiger partial charge is 0.0405 e. The van der Waals surface area contributed by atoms with Gasteiger partial charge in [0.25, 0.3) is 0 Å². The van der Waals surface area contributed by atoms with Crippen LogP contribution in [0.4, 0.5) is 11.4 Å². The molecule has 0 radical (unpaired) electrons. The van der Waals surface area contributed by atoms with Crippen molar-refractivity contribution in [3.8, 4) is 0 Å². The van der Waals surface area contributed by atoms with Crippen molar-refractivity contribution in [2.24, 2.45) is 0 Å². The van der Waals surface area contributed by atoms with E-state index in [0.717, 1.165) is 0 Å². The van der Waals surface area contributed by atoms with Crippen LogP contribution in [0.5, 0.6) is 0 Å². The van der Waals surface area contributed by atoms with E-state index in [1.54, 1.807) is 0 Å². The highest BCUT2D eigenvalue weighted by molar-refractivity contribution is 5.69. The van der Waals surface area contributed by atoms with Crippen molar-refractivity contribution in [2.75, 3.05) is 23.9 Å². The molecule has 0 unspecified atom stereocenters. The Morgan fingerprint density at radius 2 is 0.808 bits per heavy atom. The Morgan fingerprint density at radius 3 is 1.15 bits per heavy atom. The number of hydrogen-bond acceptors (Lipinski definition) is 2. The van der Waals surface area contributed by atoms with Gasteiger partial charge >= 0.3 is 0 Å². The summed E-state index contributed by atoms with van der Waals surface area (Å²) >= 11 is 0. The van der Waals surface area contributed by atoms with Crippen LogP contribution in [0.15, 0.2) is 84.9 Å². The summed E-state index contributed by atoms with van der Waals surface area (Å²) in [4.78, 5) is 4.49. The third-order valence-corrected chi connectivity index (χ3v) is 5.00. The van der Waals surface area contributed by atoms with E-state index in [2.05, 4.69) is 111 Å². The van der Waals surface area contributed by atoms with Crippen LogP contribution in [0.2, 0.25) is 0 Å². The fourth-order valence-corrected chi connectivity index (χ4v) is 3.17. The third kappa shape index (κ3) is 3.65. The van der Waals surface area contributed by atoms with E-state index in [0.29, 0.717) is 0 Å². The Bertz CT molecular complexity index is 893. The highest BCUT2D eigenvalue weighted by Gasteiger charge is 2.07. The average molecular weight is 342 g/mol. The van der Waals surface area contributed by atoms with Gasteiger partial charge in [0, 0.05) is 47.3 Å². The first kappa shape index (κ1) is 17.8. The summed E-state index contributed by atoms with van der Waals surface area (Å²) in [6.45, 7) is 4.36. The van der Waals surface area contributed by atoms with Gasteiger partial charge in [-0.1, -0.05) is 60.7 Å². The van der Waals surface area contributed by atoms with E-state index in [1.807, 2.05) is 12.1 Å². The molecule has 132 valence electrons. The Morgan fingerprint density at radius 1 is 0.500 bits per heavy atom. The molecule has 3 rings (SSSR count). The van der Waals surface area contributed by atoms with E-state index in [4.69, 9.17) is 0 Å². The standard InChI is InChI=1S/C24H26N2/c1-19(25(3)21-13-7-5-8-14-21)23-17-11-12-18-24(23)20(2)26(4)22-15-9-6-10-16-22/h5-18H,1-4H3. The van der Waals surface area contributed by atoms with Gasteiger partial charge in [0.15, 0.2) is 0 Å². The van der Waals surface area contributed by atoms with Crippen LogP contribution in [0.1, 0.15) is 13.8 Å². The Labute approximate surface area is 156 Å². The molecule has 0 N–H and O–H groups in total. The lowest BCUT2D eigenvalue weighted by molar-refractivity contribution is 1.16. The van der Waals surface area contributed by atoms with Gasteiger partial charge in [-0.2, -0.15) is 0 Å². The second kappa shape index (κ2) is 7.92. The maximum absolute atomic E-state index is 2.24. The molecule has 0 fully saturated rings. The van der Waals surface area contributed by atoms with Crippen LogP contribution in [-0.4, -0.2) is 14.1 Å². The van der Waals surface area contributed by atoms with Gasteiger partial charge in [0.2, 0.25) is 0 Å². The minimum absolute atomic E-state index is 1.19. The molecule has 0 aliphatic carbocycles. The number of rotatable bonds is 4. The predicted octanol–water partition coefficient (Wildman–Crippen LogP) is 4.22. The minimum atomic E-state index is 1.19. The van der Waals surface area contributed by atoms with Crippen LogP contribution in [-0.2, 0) is 0 Å². The molecule has 0 aliphatic rings. The molecule has 2 nitrogen and oxygen atoms in total. The molecule has 0 saturated heterocycles. The molecule has 0 atom stereocenters. The summed E-state index contributed by atoms with van der Waals surface area (Å²) in [5.74, 6) is 0. The lowest BCUT2D eigenvalue weighted by atomic mass is 10.1. The van der Waals surface area contributed by atoms with Crippen molar-refractivity contribution in [1.29, 1.82) is 0 Å². The first-order valence-corrected chi connectivity index (χ1v) is 8.94. The quantitative estimate of drug-likeness (QED) is 0.700. The van der Waals surface area contributed by atoms with Crippen LogP contribution >= 0.6 is 0 Å². The normalized spacial score (nSPS) is 13.1. The number of hydrogen-bond donors (Lipinski definition) is 0. The molecule has 0 saturated carbocycles. The number of para-hydroxylation sites is 2. The molecule has 0 bridgehead atoms. The molecule has 3 aromatic carbocycles. The van der Waals surface area contributed by atoms with Crippen molar-refractivity contribution in [3.05, 3.63) is 95.4 Å². The summed E-state index contributed by atoms with van der Waals surface area (Å²) < 4.78 is 0. The number of nitrogens with zero attached hydrogens (tertiary/aromatic N) is 2. The second-order valence-electron chi connectivity index (χ2n) is 6.51. The molecule has 3 aromatic rings.